The minimum Gasteiger partial charge on any atom is -0.494 e. The summed E-state index contributed by atoms with van der Waals surface area (Å²) in [6, 6.07) is -2.38. The average molecular weight is 1430 g/mol. The van der Waals surface area contributed by atoms with Gasteiger partial charge in [-0.3, -0.25) is 24.0 Å². The Balaban J connectivity index is 1.07. The summed E-state index contributed by atoms with van der Waals surface area (Å²) < 4.78 is 78.0. The van der Waals surface area contributed by atoms with E-state index in [2.05, 4.69) is 33.5 Å². The van der Waals surface area contributed by atoms with Gasteiger partial charge in [0, 0.05) is 40.4 Å². The van der Waals surface area contributed by atoms with Crippen LogP contribution in [0.3, 0.4) is 0 Å². The quantitative estimate of drug-likeness (QED) is 0.0291. The van der Waals surface area contributed by atoms with Crippen molar-refractivity contribution >= 4 is 29.5 Å². The molecule has 6 saturated heterocycles. The van der Waals surface area contributed by atoms with Gasteiger partial charge in [0.15, 0.2) is 37.7 Å². The molecule has 6 aliphatic heterocycles. The predicted octanol–water partition coefficient (Wildman–Crippen LogP) is -6.50. The lowest BCUT2D eigenvalue weighted by atomic mass is 9.93. The van der Waals surface area contributed by atoms with Gasteiger partial charge in [0.1, 0.15) is 146 Å². The van der Waals surface area contributed by atoms with E-state index in [0.717, 1.165) is 53.4 Å². The molecule has 36 nitrogen and oxygen atoms in total. The van der Waals surface area contributed by atoms with E-state index >= 15 is 0 Å². The summed E-state index contributed by atoms with van der Waals surface area (Å²) in [6.07, 6.45) is -33.4. The number of benzene rings is 1. The molecular formula is C63H103N5O31. The first-order chi connectivity index (χ1) is 47.2. The molecule has 1 aromatic carbocycles. The number of carbonyl (C=O) groups is 5. The van der Waals surface area contributed by atoms with Crippen molar-refractivity contribution in [2.75, 3.05) is 46.8 Å². The largest absolute Gasteiger partial charge is 0.494 e. The molecule has 1 aromatic rings. The molecule has 6 fully saturated rings. The van der Waals surface area contributed by atoms with Crippen LogP contribution in [0.15, 0.2) is 24.3 Å². The maximum Gasteiger partial charge on any atom is 0.251 e. The first-order valence-corrected chi connectivity index (χ1v) is 33.6. The highest BCUT2D eigenvalue weighted by molar-refractivity contribution is 5.94. The lowest BCUT2D eigenvalue weighted by Gasteiger charge is -2.51. The Bertz CT molecular complexity index is 2680. The van der Waals surface area contributed by atoms with Crippen LogP contribution in [0.4, 0.5) is 0 Å². The van der Waals surface area contributed by atoms with Gasteiger partial charge in [-0.25, -0.2) is 0 Å². The summed E-state index contributed by atoms with van der Waals surface area (Å²) in [5, 5.41) is 159. The van der Waals surface area contributed by atoms with Gasteiger partial charge < -0.3 is 155 Å². The molecule has 6 aliphatic rings. The van der Waals surface area contributed by atoms with Crippen molar-refractivity contribution in [2.24, 2.45) is 0 Å². The molecule has 5 amide bonds. The summed E-state index contributed by atoms with van der Waals surface area (Å²) in [5.41, 5.74) is 0.0622. The Hall–Kier alpha value is -4.63. The number of aliphatic hydroxyl groups excluding tert-OH is 13. The molecule has 0 spiro atoms. The minimum absolute atomic E-state index is 0.0622. The van der Waals surface area contributed by atoms with Crippen LogP contribution in [0.2, 0.25) is 0 Å². The second-order valence-corrected chi connectivity index (χ2v) is 25.6. The maximum absolute atomic E-state index is 14.0. The van der Waals surface area contributed by atoms with Gasteiger partial charge >= 0.3 is 0 Å². The third-order valence-corrected chi connectivity index (χ3v) is 18.2. The molecule has 30 atom stereocenters. The molecule has 566 valence electrons. The number of unbranched alkanes of at least 4 members (excludes halogenated alkanes) is 8. The van der Waals surface area contributed by atoms with Crippen molar-refractivity contribution in [3.8, 4) is 5.75 Å². The van der Waals surface area contributed by atoms with E-state index in [-0.39, 0.29) is 5.56 Å². The molecule has 18 N–H and O–H groups in total. The molecule has 0 aliphatic carbocycles. The Morgan fingerprint density at radius 3 is 1.27 bits per heavy atom. The van der Waals surface area contributed by atoms with Crippen molar-refractivity contribution in [3.05, 3.63) is 29.8 Å². The first kappa shape index (κ1) is 81.7. The van der Waals surface area contributed by atoms with Gasteiger partial charge in [0.05, 0.1) is 45.7 Å². The predicted molar refractivity (Wildman–Crippen MR) is 333 cm³/mol. The van der Waals surface area contributed by atoms with Gasteiger partial charge in [0.2, 0.25) is 23.6 Å². The highest BCUT2D eigenvalue weighted by Crippen LogP contribution is 2.37. The van der Waals surface area contributed by atoms with Crippen LogP contribution in [-0.2, 0) is 76.0 Å². The number of ether oxygens (including phenoxy) is 13. The third-order valence-electron chi connectivity index (χ3n) is 18.2. The maximum atomic E-state index is 14.0. The normalized spacial score (nSPS) is 39.5. The summed E-state index contributed by atoms with van der Waals surface area (Å²) in [7, 11) is 1.21. The van der Waals surface area contributed by atoms with Crippen molar-refractivity contribution in [1.29, 1.82) is 0 Å². The number of hydrogen-bond donors (Lipinski definition) is 18. The van der Waals surface area contributed by atoms with Crippen LogP contribution >= 0.6 is 0 Å². The fourth-order valence-corrected chi connectivity index (χ4v) is 13.0. The van der Waals surface area contributed by atoms with Gasteiger partial charge in [-0.15, -0.1) is 0 Å². The molecule has 99 heavy (non-hydrogen) atoms. The topological polar surface area (TPSA) is 528 Å². The van der Waals surface area contributed by atoms with Crippen LogP contribution in [0, 0.1) is 0 Å². The summed E-state index contributed by atoms with van der Waals surface area (Å²) >= 11 is 0. The monoisotopic (exact) mass is 1430 g/mol. The zero-order valence-electron chi connectivity index (χ0n) is 56.4. The average Bonchev–Trinajstić information content (AvgIpc) is 0.771. The van der Waals surface area contributed by atoms with E-state index in [4.69, 9.17) is 61.6 Å². The van der Waals surface area contributed by atoms with E-state index < -0.39 is 246 Å². The SMILES string of the molecule is CCCCCCCCCCCOc1cccc(C(=O)N[C@@H]2C(O[C@H]3C(O)C(NC(C)=O)C(OC4C(CO)O[C@@H](O[C@H]5C(O)C(NC(C)=O)C(OC6C(CO[C@@H]7OC(C)C(O)[C@H](O)[C@H]7OC)OC(O)[C@@H](NC(C)=O)[C@H]6O)O[C@H]5CO)[C@@H](NC(C)=O)[C@H]4O)O[C@H]3CO)OC(CO)[C@@H](O)[C@@H]2O)c1. The van der Waals surface area contributed by atoms with Crippen LogP contribution < -0.4 is 31.3 Å². The van der Waals surface area contributed by atoms with Crippen LogP contribution in [0.25, 0.3) is 0 Å². The lowest BCUT2D eigenvalue weighted by molar-refractivity contribution is -0.368. The summed E-state index contributed by atoms with van der Waals surface area (Å²) in [4.78, 5) is 65.1. The van der Waals surface area contributed by atoms with Crippen molar-refractivity contribution < 1.29 is 152 Å². The van der Waals surface area contributed by atoms with Crippen LogP contribution in [0.1, 0.15) is 110 Å². The fourth-order valence-electron chi connectivity index (χ4n) is 13.0. The fraction of sp³-hybridized carbons (Fsp3) is 0.825. The third kappa shape index (κ3) is 21.1. The number of amides is 5. The zero-order chi connectivity index (χ0) is 72.5. The van der Waals surface area contributed by atoms with Crippen molar-refractivity contribution in [2.45, 2.75) is 283 Å². The highest BCUT2D eigenvalue weighted by atomic mass is 16.8. The number of rotatable bonds is 33. The smallest absolute Gasteiger partial charge is 0.251 e. The zero-order valence-corrected chi connectivity index (χ0v) is 56.4. The standard InChI is InChI=1S/C63H103N5O31/c1-8-9-10-11-12-13-14-15-16-20-88-33-19-17-18-32(21-33)57(85)68-40-46(79)45(78)34(22-69)92-59(40)96-52-35(23-70)93-60(41(48(52)81)65-29(4)74)97-53-36(24-71)94-61(42(49(53)82)66-30(5)75)98-54-37(25-72)95-62(43(50(54)83)67-31(6)76)99-55-38(91-58(86)39(47(55)80)64-28(3)73)26-89-63-56(87-7)51(84)44(77)27(2)90-63/h17-19,21,27,34-56,58-63,69-72,77-84,86H,8-16,20,22-26H2,1-7H3,(H,64,73)(H,65,74)(H,66,75)(H,67,76)(H,68,85)/t27?,34?,35-,36?,37-,38?,39-,40-,41?,42-,43?,44?,45+,46+,47+,48?,49+,50?,51-,52+,53?,54+,55?,56+,58?,59?,60?,61-,62?,63+/m0/s1. The highest BCUT2D eigenvalue weighted by Gasteiger charge is 2.58. The molecule has 7 rings (SSSR count). The molecule has 15 unspecified atom stereocenters. The Labute approximate surface area is 572 Å². The van der Waals surface area contributed by atoms with E-state index in [0.29, 0.717) is 12.4 Å². The van der Waals surface area contributed by atoms with Gasteiger partial charge in [-0.2, -0.15) is 0 Å². The Morgan fingerprint density at radius 1 is 0.434 bits per heavy atom. The number of nitrogens with one attached hydrogen (secondary N) is 5. The Kier molecular flexibility index (Phi) is 32.0. The van der Waals surface area contributed by atoms with Crippen LogP contribution in [-0.4, -0.2) is 327 Å². The van der Waals surface area contributed by atoms with E-state index in [1.54, 1.807) is 12.1 Å². The van der Waals surface area contributed by atoms with Crippen LogP contribution in [0.5, 0.6) is 5.75 Å². The van der Waals surface area contributed by atoms with Gasteiger partial charge in [-0.1, -0.05) is 64.4 Å². The molecule has 0 saturated carbocycles. The van der Waals surface area contributed by atoms with E-state index in [9.17, 15) is 90.4 Å². The molecule has 0 bridgehead atoms. The van der Waals surface area contributed by atoms with E-state index in [1.807, 2.05) is 0 Å². The Morgan fingerprint density at radius 2 is 0.838 bits per heavy atom. The summed E-state index contributed by atoms with van der Waals surface area (Å²) in [6.45, 7) is 3.61. The number of aliphatic hydroxyl groups is 13. The summed E-state index contributed by atoms with van der Waals surface area (Å²) in [5.74, 6) is -3.63. The lowest BCUT2D eigenvalue weighted by Crippen LogP contribution is -2.72. The molecule has 6 heterocycles. The molecule has 36 heteroatoms. The minimum atomic E-state index is -2.06. The number of methoxy groups -OCH3 is 1. The van der Waals surface area contributed by atoms with Gasteiger partial charge in [0.25, 0.3) is 5.91 Å². The molecule has 0 radical (unpaired) electrons. The van der Waals surface area contributed by atoms with Crippen molar-refractivity contribution in [3.63, 3.8) is 0 Å². The molecular weight excluding hydrogens is 1320 g/mol. The number of hydrogen-bond acceptors (Lipinski definition) is 31. The van der Waals surface area contributed by atoms with Gasteiger partial charge in [-0.05, 0) is 31.5 Å². The van der Waals surface area contributed by atoms with Crippen molar-refractivity contribution in [1.82, 2.24) is 26.6 Å². The molecule has 0 aromatic heterocycles. The second kappa shape index (κ2) is 38.8. The number of carbonyl (C=O) groups excluding carboxylic acids is 5. The second-order valence-electron chi connectivity index (χ2n) is 25.6. The first-order valence-electron chi connectivity index (χ1n) is 33.6. The van der Waals surface area contributed by atoms with E-state index in [1.165, 1.54) is 58.3 Å².